The van der Waals surface area contributed by atoms with Crippen molar-refractivity contribution in [2.75, 3.05) is 19.8 Å². The van der Waals surface area contributed by atoms with Crippen molar-refractivity contribution >= 4 is 5.97 Å². The van der Waals surface area contributed by atoms with Crippen LogP contribution in [0.25, 0.3) is 0 Å². The van der Waals surface area contributed by atoms with E-state index in [4.69, 9.17) is 14.2 Å². The molecular weight excluding hydrogens is 220 g/mol. The molecule has 0 atom stereocenters. The van der Waals surface area contributed by atoms with Crippen molar-refractivity contribution < 1.29 is 19.0 Å². The Labute approximate surface area is 104 Å². The van der Waals surface area contributed by atoms with Gasteiger partial charge < -0.3 is 14.2 Å². The van der Waals surface area contributed by atoms with E-state index >= 15 is 0 Å². The first-order valence-corrected chi connectivity index (χ1v) is 6.05. The van der Waals surface area contributed by atoms with E-state index in [2.05, 4.69) is 6.58 Å². The van der Waals surface area contributed by atoms with Crippen molar-refractivity contribution in [2.45, 2.75) is 46.3 Å². The van der Waals surface area contributed by atoms with E-state index in [1.165, 1.54) is 0 Å². The SMILES string of the molecule is C=C(C)C(=O)OCCCC(C)(OCC)OCC. The fourth-order valence-electron chi connectivity index (χ4n) is 1.48. The van der Waals surface area contributed by atoms with Crippen LogP contribution in [0.2, 0.25) is 0 Å². The average Bonchev–Trinajstić information content (AvgIpc) is 2.24. The highest BCUT2D eigenvalue weighted by Gasteiger charge is 2.24. The van der Waals surface area contributed by atoms with Crippen LogP contribution >= 0.6 is 0 Å². The van der Waals surface area contributed by atoms with E-state index in [0.717, 1.165) is 0 Å². The van der Waals surface area contributed by atoms with Crippen LogP contribution in [-0.2, 0) is 19.0 Å². The fraction of sp³-hybridized carbons (Fsp3) is 0.769. The first kappa shape index (κ1) is 16.1. The molecule has 0 N–H and O–H groups in total. The highest BCUT2D eigenvalue weighted by Crippen LogP contribution is 2.19. The minimum absolute atomic E-state index is 0.348. The normalized spacial score (nSPS) is 11.3. The lowest BCUT2D eigenvalue weighted by Crippen LogP contribution is -2.33. The minimum atomic E-state index is -0.584. The summed E-state index contributed by atoms with van der Waals surface area (Å²) in [5, 5.41) is 0. The molecule has 0 heterocycles. The Hall–Kier alpha value is -0.870. The second kappa shape index (κ2) is 8.25. The first-order chi connectivity index (χ1) is 7.95. The number of rotatable bonds is 9. The standard InChI is InChI=1S/C13H24O4/c1-6-16-13(5,17-7-2)9-8-10-15-12(14)11(3)4/h3,6-10H2,1-2,4-5H3. The molecule has 0 aromatic heterocycles. The predicted octanol–water partition coefficient (Wildman–Crippen LogP) is 2.68. The molecule has 0 rings (SSSR count). The van der Waals surface area contributed by atoms with Gasteiger partial charge in [-0.3, -0.25) is 0 Å². The van der Waals surface area contributed by atoms with Crippen LogP contribution in [-0.4, -0.2) is 31.6 Å². The lowest BCUT2D eigenvalue weighted by Gasteiger charge is -2.29. The monoisotopic (exact) mass is 244 g/mol. The third-order valence-electron chi connectivity index (χ3n) is 2.26. The minimum Gasteiger partial charge on any atom is -0.462 e. The topological polar surface area (TPSA) is 44.8 Å². The van der Waals surface area contributed by atoms with Gasteiger partial charge in [0.05, 0.1) is 6.61 Å². The Morgan fingerprint density at radius 3 is 2.18 bits per heavy atom. The van der Waals surface area contributed by atoms with Crippen molar-refractivity contribution in [3.63, 3.8) is 0 Å². The molecule has 17 heavy (non-hydrogen) atoms. The number of hydrogen-bond acceptors (Lipinski definition) is 4. The third kappa shape index (κ3) is 7.13. The molecule has 0 unspecified atom stereocenters. The van der Waals surface area contributed by atoms with Gasteiger partial charge in [-0.25, -0.2) is 4.79 Å². The quantitative estimate of drug-likeness (QED) is 0.271. The van der Waals surface area contributed by atoms with Crippen molar-refractivity contribution in [3.8, 4) is 0 Å². The summed E-state index contributed by atoms with van der Waals surface area (Å²) < 4.78 is 16.1. The smallest absolute Gasteiger partial charge is 0.333 e. The Kier molecular flexibility index (Phi) is 7.83. The van der Waals surface area contributed by atoms with E-state index in [1.807, 2.05) is 20.8 Å². The summed E-state index contributed by atoms with van der Waals surface area (Å²) in [7, 11) is 0. The summed E-state index contributed by atoms with van der Waals surface area (Å²) in [5.74, 6) is -0.932. The molecule has 0 bridgehead atoms. The first-order valence-electron chi connectivity index (χ1n) is 6.05. The van der Waals surface area contributed by atoms with Gasteiger partial charge in [0.25, 0.3) is 0 Å². The van der Waals surface area contributed by atoms with E-state index in [1.54, 1.807) is 6.92 Å². The molecule has 0 aromatic carbocycles. The summed E-state index contributed by atoms with van der Waals surface area (Å²) in [4.78, 5) is 11.1. The maximum absolute atomic E-state index is 11.1. The van der Waals surface area contributed by atoms with Gasteiger partial charge in [-0.2, -0.15) is 0 Å². The molecule has 0 radical (unpaired) electrons. The fourth-order valence-corrected chi connectivity index (χ4v) is 1.48. The van der Waals surface area contributed by atoms with Gasteiger partial charge >= 0.3 is 5.97 Å². The van der Waals surface area contributed by atoms with E-state index in [-0.39, 0.29) is 5.97 Å². The highest BCUT2D eigenvalue weighted by molar-refractivity contribution is 5.86. The van der Waals surface area contributed by atoms with Crippen molar-refractivity contribution in [3.05, 3.63) is 12.2 Å². The molecule has 4 heteroatoms. The molecule has 0 aromatic rings. The molecular formula is C13H24O4. The molecule has 0 aliphatic rings. The van der Waals surface area contributed by atoms with Crippen LogP contribution in [0.5, 0.6) is 0 Å². The van der Waals surface area contributed by atoms with Crippen LogP contribution in [0.4, 0.5) is 0 Å². The molecule has 4 nitrogen and oxygen atoms in total. The van der Waals surface area contributed by atoms with Crippen LogP contribution in [0.15, 0.2) is 12.2 Å². The summed E-state index contributed by atoms with van der Waals surface area (Å²) in [6.45, 7) is 12.5. The van der Waals surface area contributed by atoms with Crippen molar-refractivity contribution in [1.29, 1.82) is 0 Å². The Bertz CT molecular complexity index is 242. The molecule has 100 valence electrons. The van der Waals surface area contributed by atoms with Gasteiger partial charge in [0.1, 0.15) is 0 Å². The van der Waals surface area contributed by atoms with Crippen LogP contribution in [0.1, 0.15) is 40.5 Å². The molecule has 0 spiro atoms. The lowest BCUT2D eigenvalue weighted by atomic mass is 10.1. The average molecular weight is 244 g/mol. The number of esters is 1. The number of carbonyl (C=O) groups is 1. The maximum Gasteiger partial charge on any atom is 0.333 e. The van der Waals surface area contributed by atoms with Gasteiger partial charge in [0.2, 0.25) is 0 Å². The second-order valence-corrected chi connectivity index (χ2v) is 4.02. The Morgan fingerprint density at radius 2 is 1.76 bits per heavy atom. The van der Waals surface area contributed by atoms with Gasteiger partial charge in [0, 0.05) is 25.2 Å². The van der Waals surface area contributed by atoms with Gasteiger partial charge in [-0.15, -0.1) is 0 Å². The Balaban J connectivity index is 3.90. The largest absolute Gasteiger partial charge is 0.462 e. The molecule has 0 fully saturated rings. The molecule has 0 aliphatic heterocycles. The highest BCUT2D eigenvalue weighted by atomic mass is 16.7. The van der Waals surface area contributed by atoms with Crippen LogP contribution in [0.3, 0.4) is 0 Å². The van der Waals surface area contributed by atoms with E-state index in [9.17, 15) is 4.79 Å². The van der Waals surface area contributed by atoms with E-state index < -0.39 is 5.79 Å². The van der Waals surface area contributed by atoms with Crippen LogP contribution in [0, 0.1) is 0 Å². The van der Waals surface area contributed by atoms with E-state index in [0.29, 0.717) is 38.2 Å². The number of ether oxygens (including phenoxy) is 3. The van der Waals surface area contributed by atoms with Crippen LogP contribution < -0.4 is 0 Å². The zero-order chi connectivity index (χ0) is 13.3. The summed E-state index contributed by atoms with van der Waals surface area (Å²) in [6, 6.07) is 0. The predicted molar refractivity (Wildman–Crippen MR) is 66.7 cm³/mol. The van der Waals surface area contributed by atoms with Gasteiger partial charge in [-0.1, -0.05) is 6.58 Å². The maximum atomic E-state index is 11.1. The lowest BCUT2D eigenvalue weighted by molar-refractivity contribution is -0.226. The number of hydrogen-bond donors (Lipinski definition) is 0. The second-order valence-electron chi connectivity index (χ2n) is 4.02. The zero-order valence-corrected chi connectivity index (χ0v) is 11.4. The molecule has 0 saturated heterocycles. The summed E-state index contributed by atoms with van der Waals surface area (Å²) >= 11 is 0. The zero-order valence-electron chi connectivity index (χ0n) is 11.4. The van der Waals surface area contributed by atoms with Crippen molar-refractivity contribution in [1.82, 2.24) is 0 Å². The molecule has 0 saturated carbocycles. The number of carbonyl (C=O) groups excluding carboxylic acids is 1. The van der Waals surface area contributed by atoms with Gasteiger partial charge in [-0.05, 0) is 34.1 Å². The summed E-state index contributed by atoms with van der Waals surface area (Å²) in [5.41, 5.74) is 0.419. The Morgan fingerprint density at radius 1 is 1.24 bits per heavy atom. The third-order valence-corrected chi connectivity index (χ3v) is 2.26. The van der Waals surface area contributed by atoms with Gasteiger partial charge in [0.15, 0.2) is 5.79 Å². The summed E-state index contributed by atoms with van der Waals surface area (Å²) in [6.07, 6.45) is 1.40. The van der Waals surface area contributed by atoms with Crippen molar-refractivity contribution in [2.24, 2.45) is 0 Å². The molecule has 0 amide bonds. The molecule has 0 aliphatic carbocycles.